The number of aliphatic hydroxyl groups excluding tert-OH is 1. The molecule has 46 heavy (non-hydrogen) atoms. The fourth-order valence-corrected chi connectivity index (χ4v) is 6.25. The molecule has 0 saturated carbocycles. The van der Waals surface area contributed by atoms with Crippen LogP contribution in [0.3, 0.4) is 0 Å². The van der Waals surface area contributed by atoms with Gasteiger partial charge in [-0.1, -0.05) is 59.6 Å². The van der Waals surface area contributed by atoms with Crippen LogP contribution in [0.2, 0.25) is 10.0 Å². The van der Waals surface area contributed by atoms with Crippen molar-refractivity contribution < 1.29 is 14.6 Å². The third-order valence-electron chi connectivity index (χ3n) is 8.21. The second-order valence-electron chi connectivity index (χ2n) is 11.0. The summed E-state index contributed by atoms with van der Waals surface area (Å²) >= 11 is 14.0. The molecule has 3 N–H and O–H groups in total. The number of nitrogens with one attached hydrogen (secondary N) is 2. The normalized spacial score (nSPS) is 16.5. The second kappa shape index (κ2) is 13.2. The SMILES string of the molecule is COc1nc(-c2cccc(-c3cccc(Nc4nccc5c4c(=O)n(C)c(=O)n5C)c3Cl)c2Cl)ccc1CNC1CCOCC1O. The van der Waals surface area contributed by atoms with Gasteiger partial charge >= 0.3 is 5.69 Å². The molecule has 5 aromatic rings. The van der Waals surface area contributed by atoms with E-state index in [1.54, 1.807) is 26.3 Å². The molecule has 0 aliphatic carbocycles. The maximum Gasteiger partial charge on any atom is 0.330 e. The monoisotopic (exact) mass is 662 g/mol. The first-order chi connectivity index (χ1) is 22.2. The number of aliphatic hydroxyl groups is 1. The molecule has 0 amide bonds. The smallest absolute Gasteiger partial charge is 0.330 e. The molecular formula is C33H32Cl2N6O5. The number of hydrogen-bond donors (Lipinski definition) is 3. The summed E-state index contributed by atoms with van der Waals surface area (Å²) in [6.45, 7) is 1.38. The number of aromatic nitrogens is 4. The Hall–Kier alpha value is -4.26. The lowest BCUT2D eigenvalue weighted by molar-refractivity contribution is -0.0281. The molecule has 6 rings (SSSR count). The van der Waals surface area contributed by atoms with E-state index in [2.05, 4.69) is 15.6 Å². The van der Waals surface area contributed by atoms with Gasteiger partial charge in [-0.25, -0.2) is 14.8 Å². The number of halogens is 2. The number of nitrogens with zero attached hydrogens (tertiary/aromatic N) is 4. The molecule has 1 saturated heterocycles. The summed E-state index contributed by atoms with van der Waals surface area (Å²) in [6.07, 6.45) is 1.67. The highest BCUT2D eigenvalue weighted by molar-refractivity contribution is 6.39. The van der Waals surface area contributed by atoms with Crippen LogP contribution in [0.5, 0.6) is 5.88 Å². The highest BCUT2D eigenvalue weighted by atomic mass is 35.5. The van der Waals surface area contributed by atoms with Gasteiger partial charge in [0.25, 0.3) is 5.56 Å². The molecule has 11 nitrogen and oxygen atoms in total. The Labute approximate surface area is 274 Å². The van der Waals surface area contributed by atoms with Crippen LogP contribution < -0.4 is 26.6 Å². The Kier molecular flexibility index (Phi) is 9.12. The zero-order valence-electron chi connectivity index (χ0n) is 25.4. The number of benzene rings is 2. The average molecular weight is 664 g/mol. The quantitative estimate of drug-likeness (QED) is 0.217. The van der Waals surface area contributed by atoms with Gasteiger partial charge in [-0.2, -0.15) is 0 Å². The van der Waals surface area contributed by atoms with Crippen LogP contribution in [0.15, 0.2) is 70.4 Å². The van der Waals surface area contributed by atoms with Gasteiger partial charge in [-0.15, -0.1) is 0 Å². The highest BCUT2D eigenvalue weighted by Crippen LogP contribution is 2.42. The molecule has 13 heteroatoms. The Bertz CT molecular complexity index is 2060. The van der Waals surface area contributed by atoms with Gasteiger partial charge in [0.1, 0.15) is 11.2 Å². The molecule has 4 heterocycles. The minimum absolute atomic E-state index is 0.0743. The van der Waals surface area contributed by atoms with Crippen molar-refractivity contribution in [1.29, 1.82) is 0 Å². The van der Waals surface area contributed by atoms with Crippen LogP contribution in [0.25, 0.3) is 33.3 Å². The van der Waals surface area contributed by atoms with E-state index in [4.69, 9.17) is 37.7 Å². The lowest BCUT2D eigenvalue weighted by atomic mass is 10.00. The molecule has 1 aliphatic heterocycles. The van der Waals surface area contributed by atoms with Crippen LogP contribution >= 0.6 is 23.2 Å². The van der Waals surface area contributed by atoms with E-state index < -0.39 is 17.4 Å². The minimum atomic E-state index is -0.570. The van der Waals surface area contributed by atoms with E-state index in [1.807, 2.05) is 42.5 Å². The average Bonchev–Trinajstić information content (AvgIpc) is 3.07. The predicted octanol–water partition coefficient (Wildman–Crippen LogP) is 4.66. The number of hydrogen-bond acceptors (Lipinski definition) is 9. The number of fused-ring (bicyclic) bond motifs is 1. The number of aryl methyl sites for hydroxylation is 1. The zero-order valence-corrected chi connectivity index (χ0v) is 26.9. The number of pyridine rings is 2. The van der Waals surface area contributed by atoms with Crippen molar-refractivity contribution in [2.75, 3.05) is 25.6 Å². The lowest BCUT2D eigenvalue weighted by Gasteiger charge is -2.28. The summed E-state index contributed by atoms with van der Waals surface area (Å²) in [5.41, 5.74) is 3.52. The van der Waals surface area contributed by atoms with Gasteiger partial charge in [0.2, 0.25) is 5.88 Å². The van der Waals surface area contributed by atoms with E-state index in [0.717, 1.165) is 10.1 Å². The van der Waals surface area contributed by atoms with Gasteiger partial charge in [-0.3, -0.25) is 13.9 Å². The van der Waals surface area contributed by atoms with Gasteiger partial charge in [0, 0.05) is 61.7 Å². The molecule has 2 aromatic carbocycles. The van der Waals surface area contributed by atoms with E-state index >= 15 is 0 Å². The van der Waals surface area contributed by atoms with Gasteiger partial charge in [0.05, 0.1) is 46.8 Å². The summed E-state index contributed by atoms with van der Waals surface area (Å²) in [6, 6.07) is 16.4. The van der Waals surface area contributed by atoms with E-state index in [9.17, 15) is 14.7 Å². The van der Waals surface area contributed by atoms with Gasteiger partial charge in [0.15, 0.2) is 0 Å². The molecule has 1 aliphatic rings. The number of rotatable bonds is 8. The van der Waals surface area contributed by atoms with Crippen molar-refractivity contribution in [3.63, 3.8) is 0 Å². The molecule has 1 fully saturated rings. The number of methoxy groups -OCH3 is 1. The van der Waals surface area contributed by atoms with Crippen LogP contribution in [0, 0.1) is 0 Å². The Morgan fingerprint density at radius 3 is 2.50 bits per heavy atom. The fourth-order valence-electron chi connectivity index (χ4n) is 5.65. The van der Waals surface area contributed by atoms with Crippen LogP contribution in [-0.4, -0.2) is 56.7 Å². The van der Waals surface area contributed by atoms with E-state index in [-0.39, 0.29) is 17.2 Å². The topological polar surface area (TPSA) is 133 Å². The summed E-state index contributed by atoms with van der Waals surface area (Å²) in [5.74, 6) is 0.716. The fraction of sp³-hybridized carbons (Fsp3) is 0.273. The summed E-state index contributed by atoms with van der Waals surface area (Å²) in [7, 11) is 4.59. The zero-order chi connectivity index (χ0) is 32.5. The first kappa shape index (κ1) is 31.7. The summed E-state index contributed by atoms with van der Waals surface area (Å²) in [4.78, 5) is 34.7. The second-order valence-corrected chi connectivity index (χ2v) is 11.8. The van der Waals surface area contributed by atoms with Gasteiger partial charge < -0.3 is 25.2 Å². The van der Waals surface area contributed by atoms with Crippen LogP contribution in [0.4, 0.5) is 11.5 Å². The minimum Gasteiger partial charge on any atom is -0.481 e. The number of anilines is 2. The van der Waals surface area contributed by atoms with Gasteiger partial charge in [-0.05, 0) is 24.6 Å². The van der Waals surface area contributed by atoms with Crippen molar-refractivity contribution in [2.45, 2.75) is 25.1 Å². The first-order valence-corrected chi connectivity index (χ1v) is 15.4. The Morgan fingerprint density at radius 2 is 1.74 bits per heavy atom. The maximum atomic E-state index is 13.1. The molecule has 2 atom stereocenters. The van der Waals surface area contributed by atoms with Crippen molar-refractivity contribution in [3.8, 4) is 28.3 Å². The molecule has 2 unspecified atom stereocenters. The molecule has 0 bridgehead atoms. The van der Waals surface area contributed by atoms with E-state index in [0.29, 0.717) is 75.7 Å². The number of ether oxygens (including phenoxy) is 2. The molecule has 0 spiro atoms. The van der Waals surface area contributed by atoms with Crippen molar-refractivity contribution in [2.24, 2.45) is 14.1 Å². The van der Waals surface area contributed by atoms with Crippen molar-refractivity contribution in [1.82, 2.24) is 24.4 Å². The van der Waals surface area contributed by atoms with E-state index in [1.165, 1.54) is 17.8 Å². The Morgan fingerprint density at radius 1 is 1.00 bits per heavy atom. The molecule has 0 radical (unpaired) electrons. The molecule has 238 valence electrons. The first-order valence-electron chi connectivity index (χ1n) is 14.6. The predicted molar refractivity (Wildman–Crippen MR) is 179 cm³/mol. The lowest BCUT2D eigenvalue weighted by Crippen LogP contribution is -2.46. The summed E-state index contributed by atoms with van der Waals surface area (Å²) in [5, 5.41) is 17.9. The molecular weight excluding hydrogens is 631 g/mol. The van der Waals surface area contributed by atoms with Crippen molar-refractivity contribution in [3.05, 3.63) is 97.2 Å². The highest BCUT2D eigenvalue weighted by Gasteiger charge is 2.24. The largest absolute Gasteiger partial charge is 0.481 e. The van der Waals surface area contributed by atoms with Crippen LogP contribution in [0.1, 0.15) is 12.0 Å². The third-order valence-corrected chi connectivity index (χ3v) is 9.03. The third kappa shape index (κ3) is 5.88. The Balaban J connectivity index is 1.32. The maximum absolute atomic E-state index is 13.1. The molecule has 3 aromatic heterocycles. The summed E-state index contributed by atoms with van der Waals surface area (Å²) < 4.78 is 13.4. The van der Waals surface area contributed by atoms with Crippen LogP contribution in [-0.2, 0) is 25.4 Å². The van der Waals surface area contributed by atoms with Crippen molar-refractivity contribution >= 4 is 45.6 Å². The standard InChI is InChI=1S/C33H32Cl2N6O5/c1-40-25-12-14-36-30(27(25)32(43)41(2)33(40)44)38-24-9-5-7-20(29(24)35)19-6-4-8-21(28(19)34)22-11-10-18(31(39-22)45-3)16-37-23-13-15-46-17-26(23)42/h4-12,14,23,26,37,42H,13,15-17H2,1-3H3,(H,36,38).